The lowest BCUT2D eigenvalue weighted by molar-refractivity contribution is -0.120. The summed E-state index contributed by atoms with van der Waals surface area (Å²) in [6, 6.07) is 12.6. The third-order valence-corrected chi connectivity index (χ3v) is 4.40. The summed E-state index contributed by atoms with van der Waals surface area (Å²) in [6.07, 6.45) is 0. The summed E-state index contributed by atoms with van der Waals surface area (Å²) in [5, 5.41) is 8.50. The molecular formula is C21H24ClN3O4. The number of rotatable bonds is 8. The van der Waals surface area contributed by atoms with Crippen LogP contribution in [-0.4, -0.2) is 37.5 Å². The van der Waals surface area contributed by atoms with Crippen LogP contribution in [0, 0.1) is 5.92 Å². The van der Waals surface area contributed by atoms with Gasteiger partial charge in [0.1, 0.15) is 12.6 Å². The fraction of sp³-hybridized carbons (Fsp3) is 0.286. The smallest absolute Gasteiger partial charge is 0.253 e. The van der Waals surface area contributed by atoms with E-state index in [2.05, 4.69) is 16.0 Å². The van der Waals surface area contributed by atoms with E-state index in [1.807, 2.05) is 13.8 Å². The lowest BCUT2D eigenvalue weighted by Gasteiger charge is -2.22. The van der Waals surface area contributed by atoms with Crippen LogP contribution < -0.4 is 16.0 Å². The van der Waals surface area contributed by atoms with Gasteiger partial charge in [0.15, 0.2) is 0 Å². The number of hydrogen-bond donors (Lipinski definition) is 3. The summed E-state index contributed by atoms with van der Waals surface area (Å²) in [5.41, 5.74) is 1.43. The molecule has 1 atom stereocenters. The summed E-state index contributed by atoms with van der Waals surface area (Å²) in [5.74, 6) is -1.18. The number of benzene rings is 2. The SMILES string of the molecule is COCC(=O)Nc1ccc(NC(=O)C(NC(=O)c2ccccc2Cl)C(C)C)cc1. The third-order valence-electron chi connectivity index (χ3n) is 4.07. The van der Waals surface area contributed by atoms with Crippen LogP contribution in [0.2, 0.25) is 5.02 Å². The number of methoxy groups -OCH3 is 1. The number of ether oxygens (including phenoxy) is 1. The molecule has 29 heavy (non-hydrogen) atoms. The molecule has 7 nitrogen and oxygen atoms in total. The molecule has 0 saturated carbocycles. The van der Waals surface area contributed by atoms with Gasteiger partial charge in [-0.1, -0.05) is 37.6 Å². The van der Waals surface area contributed by atoms with Gasteiger partial charge in [-0.25, -0.2) is 0 Å². The summed E-state index contributed by atoms with van der Waals surface area (Å²) in [6.45, 7) is 3.64. The summed E-state index contributed by atoms with van der Waals surface area (Å²) >= 11 is 6.06. The molecule has 2 aromatic rings. The largest absolute Gasteiger partial charge is 0.375 e. The topological polar surface area (TPSA) is 96.5 Å². The van der Waals surface area contributed by atoms with Gasteiger partial charge in [-0.3, -0.25) is 14.4 Å². The maximum absolute atomic E-state index is 12.7. The Kier molecular flexibility index (Phi) is 8.18. The van der Waals surface area contributed by atoms with Crippen molar-refractivity contribution >= 4 is 40.7 Å². The molecular weight excluding hydrogens is 394 g/mol. The molecule has 0 heterocycles. The predicted octanol–water partition coefficient (Wildman–Crippen LogP) is 3.32. The first-order chi connectivity index (χ1) is 13.8. The highest BCUT2D eigenvalue weighted by Gasteiger charge is 2.25. The molecule has 8 heteroatoms. The highest BCUT2D eigenvalue weighted by molar-refractivity contribution is 6.33. The summed E-state index contributed by atoms with van der Waals surface area (Å²) in [7, 11) is 1.44. The normalized spacial score (nSPS) is 11.6. The van der Waals surface area contributed by atoms with Gasteiger partial charge >= 0.3 is 0 Å². The van der Waals surface area contributed by atoms with Crippen molar-refractivity contribution < 1.29 is 19.1 Å². The zero-order chi connectivity index (χ0) is 21.4. The lowest BCUT2D eigenvalue weighted by Crippen LogP contribution is -2.47. The van der Waals surface area contributed by atoms with Crippen molar-refractivity contribution in [3.8, 4) is 0 Å². The van der Waals surface area contributed by atoms with Crippen molar-refractivity contribution in [3.63, 3.8) is 0 Å². The second-order valence-corrected chi connectivity index (χ2v) is 7.13. The zero-order valence-corrected chi connectivity index (χ0v) is 17.2. The van der Waals surface area contributed by atoms with Crippen molar-refractivity contribution in [1.82, 2.24) is 5.32 Å². The minimum absolute atomic E-state index is 0.0420. The zero-order valence-electron chi connectivity index (χ0n) is 16.5. The second-order valence-electron chi connectivity index (χ2n) is 6.72. The van der Waals surface area contributed by atoms with Crippen LogP contribution in [0.1, 0.15) is 24.2 Å². The molecule has 0 fully saturated rings. The third kappa shape index (κ3) is 6.58. The van der Waals surface area contributed by atoms with E-state index in [1.54, 1.807) is 48.5 Å². The van der Waals surface area contributed by atoms with E-state index in [9.17, 15) is 14.4 Å². The van der Waals surface area contributed by atoms with E-state index < -0.39 is 11.9 Å². The number of nitrogens with one attached hydrogen (secondary N) is 3. The Hall–Kier alpha value is -2.90. The molecule has 3 amide bonds. The minimum atomic E-state index is -0.750. The van der Waals surface area contributed by atoms with Crippen molar-refractivity contribution in [1.29, 1.82) is 0 Å². The standard InChI is InChI=1S/C21H24ClN3O4/c1-13(2)19(25-20(27)16-6-4-5-7-17(16)22)21(28)24-15-10-8-14(9-11-15)23-18(26)12-29-3/h4-11,13,19H,12H2,1-3H3,(H,23,26)(H,24,28)(H,25,27). The van der Waals surface area contributed by atoms with Gasteiger partial charge in [0, 0.05) is 18.5 Å². The van der Waals surface area contributed by atoms with Crippen LogP contribution in [0.15, 0.2) is 48.5 Å². The van der Waals surface area contributed by atoms with Crippen molar-refractivity contribution in [3.05, 3.63) is 59.1 Å². The van der Waals surface area contributed by atoms with Gasteiger partial charge < -0.3 is 20.7 Å². The van der Waals surface area contributed by atoms with Crippen molar-refractivity contribution in [2.24, 2.45) is 5.92 Å². The molecule has 0 saturated heterocycles. The molecule has 2 rings (SSSR count). The number of hydrogen-bond acceptors (Lipinski definition) is 4. The van der Waals surface area contributed by atoms with Gasteiger partial charge in [0.25, 0.3) is 5.91 Å². The van der Waals surface area contributed by atoms with Crippen LogP contribution in [-0.2, 0) is 14.3 Å². The van der Waals surface area contributed by atoms with Gasteiger partial charge in [-0.2, -0.15) is 0 Å². The number of amides is 3. The molecule has 3 N–H and O–H groups in total. The number of anilines is 2. The minimum Gasteiger partial charge on any atom is -0.375 e. The quantitative estimate of drug-likeness (QED) is 0.613. The van der Waals surface area contributed by atoms with E-state index >= 15 is 0 Å². The second kappa shape index (κ2) is 10.6. The van der Waals surface area contributed by atoms with E-state index in [-0.39, 0.29) is 24.3 Å². The first kappa shape index (κ1) is 22.4. The van der Waals surface area contributed by atoms with Crippen LogP contribution in [0.3, 0.4) is 0 Å². The average Bonchev–Trinajstić information content (AvgIpc) is 2.67. The summed E-state index contributed by atoms with van der Waals surface area (Å²) in [4.78, 5) is 36.7. The Labute approximate surface area is 174 Å². The summed E-state index contributed by atoms with van der Waals surface area (Å²) < 4.78 is 4.76. The fourth-order valence-electron chi connectivity index (χ4n) is 2.58. The Morgan fingerprint density at radius 2 is 1.55 bits per heavy atom. The molecule has 2 aromatic carbocycles. The van der Waals surface area contributed by atoms with Crippen LogP contribution in [0.5, 0.6) is 0 Å². The van der Waals surface area contributed by atoms with E-state index in [0.29, 0.717) is 22.0 Å². The average molecular weight is 418 g/mol. The Morgan fingerprint density at radius 1 is 0.966 bits per heavy atom. The van der Waals surface area contributed by atoms with E-state index in [1.165, 1.54) is 7.11 Å². The molecule has 1 unspecified atom stereocenters. The van der Waals surface area contributed by atoms with Crippen molar-refractivity contribution in [2.75, 3.05) is 24.4 Å². The Balaban J connectivity index is 2.03. The maximum atomic E-state index is 12.7. The maximum Gasteiger partial charge on any atom is 0.253 e. The number of halogens is 1. The lowest BCUT2D eigenvalue weighted by atomic mass is 10.0. The van der Waals surface area contributed by atoms with Crippen LogP contribution >= 0.6 is 11.6 Å². The molecule has 0 aliphatic heterocycles. The van der Waals surface area contributed by atoms with Gasteiger partial charge in [0.2, 0.25) is 11.8 Å². The molecule has 0 aliphatic carbocycles. The molecule has 0 radical (unpaired) electrons. The Bertz CT molecular complexity index is 868. The van der Waals surface area contributed by atoms with Crippen LogP contribution in [0.4, 0.5) is 11.4 Å². The molecule has 0 spiro atoms. The van der Waals surface area contributed by atoms with Crippen LogP contribution in [0.25, 0.3) is 0 Å². The van der Waals surface area contributed by atoms with Crippen molar-refractivity contribution in [2.45, 2.75) is 19.9 Å². The fourth-order valence-corrected chi connectivity index (χ4v) is 2.81. The Morgan fingerprint density at radius 3 is 2.10 bits per heavy atom. The van der Waals surface area contributed by atoms with Gasteiger partial charge in [-0.05, 0) is 42.3 Å². The molecule has 0 bridgehead atoms. The monoisotopic (exact) mass is 417 g/mol. The highest BCUT2D eigenvalue weighted by atomic mass is 35.5. The number of carbonyl (C=O) groups is 3. The molecule has 0 aromatic heterocycles. The highest BCUT2D eigenvalue weighted by Crippen LogP contribution is 2.17. The first-order valence-electron chi connectivity index (χ1n) is 9.07. The van der Waals surface area contributed by atoms with Gasteiger partial charge in [0.05, 0.1) is 10.6 Å². The van der Waals surface area contributed by atoms with E-state index in [4.69, 9.17) is 16.3 Å². The molecule has 154 valence electrons. The number of carbonyl (C=O) groups excluding carboxylic acids is 3. The molecule has 0 aliphatic rings. The van der Waals surface area contributed by atoms with Gasteiger partial charge in [-0.15, -0.1) is 0 Å². The van der Waals surface area contributed by atoms with E-state index in [0.717, 1.165) is 0 Å². The first-order valence-corrected chi connectivity index (χ1v) is 9.44. The predicted molar refractivity (Wildman–Crippen MR) is 113 cm³/mol.